The van der Waals surface area contributed by atoms with Gasteiger partial charge in [0.2, 0.25) is 5.95 Å². The third-order valence-corrected chi connectivity index (χ3v) is 6.85. The van der Waals surface area contributed by atoms with Gasteiger partial charge in [-0.25, -0.2) is 14.4 Å². The van der Waals surface area contributed by atoms with Gasteiger partial charge in [-0.1, -0.05) is 0 Å². The number of nitrogens with one attached hydrogen (secondary N) is 1. The van der Waals surface area contributed by atoms with Crippen LogP contribution in [-0.4, -0.2) is 50.9 Å². The Morgan fingerprint density at radius 2 is 2.03 bits per heavy atom. The second-order valence-electron chi connectivity index (χ2n) is 9.55. The standard InChI is InChI=1S/C26H27FN8O/c1-18-13-30-25(32-20-14-31-35(15-20)21-4-9-34(10-5-21)11-8-28)33-24(18)19-2-3-23(22(27)12-19)36-17-26(16-29)6-7-26/h2-3,12-15,21H,4-7,9-11,17H2,1H3,(H,30,32,33). The molecule has 0 spiro atoms. The van der Waals surface area contributed by atoms with Gasteiger partial charge in [0.05, 0.1) is 47.7 Å². The predicted octanol–water partition coefficient (Wildman–Crippen LogP) is 4.37. The molecule has 5 rings (SSSR count). The zero-order valence-corrected chi connectivity index (χ0v) is 20.1. The van der Waals surface area contributed by atoms with E-state index in [2.05, 4.69) is 37.4 Å². The third-order valence-electron chi connectivity index (χ3n) is 6.85. The van der Waals surface area contributed by atoms with Crippen LogP contribution in [0.4, 0.5) is 16.0 Å². The molecule has 184 valence electrons. The number of nitriles is 2. The molecule has 1 aliphatic carbocycles. The van der Waals surface area contributed by atoms with Crippen molar-refractivity contribution < 1.29 is 9.13 Å². The lowest BCUT2D eigenvalue weighted by Gasteiger charge is -2.30. The van der Waals surface area contributed by atoms with Crippen molar-refractivity contribution in [3.05, 3.63) is 48.2 Å². The maximum absolute atomic E-state index is 14.8. The SMILES string of the molecule is Cc1cnc(Nc2cnn(C3CCN(CC#N)CC3)c2)nc1-c1ccc(OCC2(C#N)CC2)c(F)c1. The highest BCUT2D eigenvalue weighted by atomic mass is 19.1. The summed E-state index contributed by atoms with van der Waals surface area (Å²) in [5.74, 6) is 0.0384. The topological polar surface area (TPSA) is 116 Å². The number of likely N-dealkylation sites (tertiary alicyclic amines) is 1. The number of piperidine rings is 1. The fourth-order valence-corrected chi connectivity index (χ4v) is 4.39. The molecular formula is C26H27FN8O. The molecule has 0 amide bonds. The molecule has 1 aliphatic heterocycles. The van der Waals surface area contributed by atoms with Crippen molar-refractivity contribution in [1.29, 1.82) is 10.5 Å². The average Bonchev–Trinajstić information content (AvgIpc) is 3.53. The molecule has 0 bridgehead atoms. The molecular weight excluding hydrogens is 459 g/mol. The van der Waals surface area contributed by atoms with Gasteiger partial charge in [-0.3, -0.25) is 9.58 Å². The van der Waals surface area contributed by atoms with Gasteiger partial charge in [0.25, 0.3) is 0 Å². The number of hydrogen-bond donors (Lipinski definition) is 1. The van der Waals surface area contributed by atoms with Crippen molar-refractivity contribution in [3.8, 4) is 29.1 Å². The van der Waals surface area contributed by atoms with Gasteiger partial charge in [-0.05, 0) is 56.4 Å². The maximum atomic E-state index is 14.8. The number of aromatic nitrogens is 4. The fraction of sp³-hybridized carbons (Fsp3) is 0.423. The summed E-state index contributed by atoms with van der Waals surface area (Å²) < 4.78 is 22.3. The molecule has 3 aromatic rings. The average molecular weight is 487 g/mol. The summed E-state index contributed by atoms with van der Waals surface area (Å²) in [5.41, 5.74) is 2.35. The quantitative estimate of drug-likeness (QED) is 0.467. The highest BCUT2D eigenvalue weighted by molar-refractivity contribution is 5.65. The molecule has 3 heterocycles. The van der Waals surface area contributed by atoms with Crippen LogP contribution in [0.25, 0.3) is 11.3 Å². The first-order valence-corrected chi connectivity index (χ1v) is 12.1. The van der Waals surface area contributed by atoms with Crippen molar-refractivity contribution in [1.82, 2.24) is 24.6 Å². The van der Waals surface area contributed by atoms with Crippen LogP contribution in [0, 0.1) is 40.8 Å². The van der Waals surface area contributed by atoms with E-state index in [0.717, 1.165) is 50.0 Å². The van der Waals surface area contributed by atoms with Gasteiger partial charge in [0.15, 0.2) is 11.6 Å². The molecule has 10 heteroatoms. The van der Waals surface area contributed by atoms with E-state index in [9.17, 15) is 9.65 Å². The maximum Gasteiger partial charge on any atom is 0.227 e. The Hall–Kier alpha value is -4.02. The first kappa shape index (κ1) is 23.7. The van der Waals surface area contributed by atoms with Crippen LogP contribution in [0.5, 0.6) is 5.75 Å². The number of ether oxygens (including phenoxy) is 1. The van der Waals surface area contributed by atoms with E-state index in [-0.39, 0.29) is 18.4 Å². The normalized spacial score (nSPS) is 17.2. The van der Waals surface area contributed by atoms with Gasteiger partial charge in [0.1, 0.15) is 6.61 Å². The number of aryl methyl sites for hydroxylation is 1. The van der Waals surface area contributed by atoms with Gasteiger partial charge >= 0.3 is 0 Å². The lowest BCUT2D eigenvalue weighted by Crippen LogP contribution is -2.34. The molecule has 1 saturated heterocycles. The summed E-state index contributed by atoms with van der Waals surface area (Å²) in [6.45, 7) is 4.30. The van der Waals surface area contributed by atoms with E-state index in [4.69, 9.17) is 10.00 Å². The van der Waals surface area contributed by atoms with Crippen molar-refractivity contribution >= 4 is 11.6 Å². The van der Waals surface area contributed by atoms with Crippen LogP contribution in [0.3, 0.4) is 0 Å². The molecule has 0 unspecified atom stereocenters. The third kappa shape index (κ3) is 5.14. The lowest BCUT2D eigenvalue weighted by molar-refractivity contribution is 0.197. The minimum atomic E-state index is -0.490. The number of hydrogen-bond acceptors (Lipinski definition) is 8. The van der Waals surface area contributed by atoms with Gasteiger partial charge in [0, 0.05) is 31.0 Å². The molecule has 1 saturated carbocycles. The zero-order chi connectivity index (χ0) is 25.1. The van der Waals surface area contributed by atoms with Gasteiger partial charge < -0.3 is 10.1 Å². The van der Waals surface area contributed by atoms with Crippen molar-refractivity contribution in [2.45, 2.75) is 38.6 Å². The van der Waals surface area contributed by atoms with E-state index >= 15 is 0 Å². The smallest absolute Gasteiger partial charge is 0.227 e. The molecule has 2 fully saturated rings. The lowest BCUT2D eigenvalue weighted by atomic mass is 10.1. The molecule has 1 aromatic carbocycles. The van der Waals surface area contributed by atoms with E-state index in [1.54, 1.807) is 24.5 Å². The van der Waals surface area contributed by atoms with E-state index < -0.39 is 11.2 Å². The molecule has 2 aliphatic rings. The highest BCUT2D eigenvalue weighted by Crippen LogP contribution is 2.45. The Morgan fingerprint density at radius 3 is 2.72 bits per heavy atom. The second-order valence-corrected chi connectivity index (χ2v) is 9.55. The monoisotopic (exact) mass is 486 g/mol. The van der Waals surface area contributed by atoms with Crippen LogP contribution < -0.4 is 10.1 Å². The summed E-state index contributed by atoms with van der Waals surface area (Å²) in [5, 5.41) is 25.8. The summed E-state index contributed by atoms with van der Waals surface area (Å²) in [6, 6.07) is 9.49. The summed E-state index contributed by atoms with van der Waals surface area (Å²) >= 11 is 0. The number of halogens is 1. The Bertz CT molecular complexity index is 1330. The van der Waals surface area contributed by atoms with Crippen LogP contribution >= 0.6 is 0 Å². The Labute approximate surface area is 209 Å². The number of rotatable bonds is 8. The van der Waals surface area contributed by atoms with Crippen molar-refractivity contribution in [2.75, 3.05) is 31.6 Å². The van der Waals surface area contributed by atoms with Crippen LogP contribution in [-0.2, 0) is 0 Å². The number of benzene rings is 1. The molecule has 0 atom stereocenters. The van der Waals surface area contributed by atoms with Crippen LogP contribution in [0.2, 0.25) is 0 Å². The zero-order valence-electron chi connectivity index (χ0n) is 20.1. The van der Waals surface area contributed by atoms with Crippen molar-refractivity contribution in [3.63, 3.8) is 0 Å². The summed E-state index contributed by atoms with van der Waals surface area (Å²) in [6.07, 6.45) is 8.84. The highest BCUT2D eigenvalue weighted by Gasteiger charge is 2.44. The molecule has 9 nitrogen and oxygen atoms in total. The first-order chi connectivity index (χ1) is 17.5. The second kappa shape index (κ2) is 9.92. The first-order valence-electron chi connectivity index (χ1n) is 12.1. The summed E-state index contributed by atoms with van der Waals surface area (Å²) in [7, 11) is 0. The van der Waals surface area contributed by atoms with Crippen LogP contribution in [0.1, 0.15) is 37.3 Å². The number of anilines is 2. The van der Waals surface area contributed by atoms with E-state index in [1.807, 2.05) is 17.8 Å². The minimum absolute atomic E-state index is 0.135. The van der Waals surface area contributed by atoms with E-state index in [0.29, 0.717) is 23.8 Å². The van der Waals surface area contributed by atoms with Gasteiger partial charge in [-0.15, -0.1) is 0 Å². The van der Waals surface area contributed by atoms with Gasteiger partial charge in [-0.2, -0.15) is 15.6 Å². The Balaban J connectivity index is 1.26. The minimum Gasteiger partial charge on any atom is -0.489 e. The van der Waals surface area contributed by atoms with Crippen LogP contribution in [0.15, 0.2) is 36.8 Å². The predicted molar refractivity (Wildman–Crippen MR) is 131 cm³/mol. The Morgan fingerprint density at radius 1 is 1.22 bits per heavy atom. The van der Waals surface area contributed by atoms with E-state index in [1.165, 1.54) is 6.07 Å². The molecule has 1 N–H and O–H groups in total. The molecule has 0 radical (unpaired) electrons. The largest absolute Gasteiger partial charge is 0.489 e. The Kier molecular flexibility index (Phi) is 6.53. The molecule has 2 aromatic heterocycles. The number of nitrogens with zero attached hydrogens (tertiary/aromatic N) is 7. The molecule has 36 heavy (non-hydrogen) atoms. The summed E-state index contributed by atoms with van der Waals surface area (Å²) in [4.78, 5) is 11.2. The van der Waals surface area contributed by atoms with Crippen molar-refractivity contribution in [2.24, 2.45) is 5.41 Å². The fourth-order valence-electron chi connectivity index (χ4n) is 4.39.